The van der Waals surface area contributed by atoms with E-state index in [0.29, 0.717) is 6.04 Å². The maximum atomic E-state index is 11.0. The first-order valence-electron chi connectivity index (χ1n) is 5.17. The van der Waals surface area contributed by atoms with Crippen molar-refractivity contribution in [1.29, 1.82) is 0 Å². The summed E-state index contributed by atoms with van der Waals surface area (Å²) in [7, 11) is 1.38. The van der Waals surface area contributed by atoms with Gasteiger partial charge in [0.05, 0.1) is 13.7 Å². The number of esters is 1. The zero-order chi connectivity index (χ0) is 12.0. The van der Waals surface area contributed by atoms with Gasteiger partial charge in [0.15, 0.2) is 0 Å². The number of nitrogens with zero attached hydrogens (tertiary/aromatic N) is 1. The van der Waals surface area contributed by atoms with E-state index in [-0.39, 0.29) is 5.97 Å². The Balaban J connectivity index is 2.61. The predicted molar refractivity (Wildman–Crippen MR) is 66.2 cm³/mol. The molecule has 1 rings (SSSR count). The topological polar surface area (TPSA) is 29.5 Å². The second-order valence-corrected chi connectivity index (χ2v) is 4.72. The van der Waals surface area contributed by atoms with Crippen molar-refractivity contribution >= 4 is 17.3 Å². The van der Waals surface area contributed by atoms with Crippen LogP contribution in [0.25, 0.3) is 0 Å². The lowest BCUT2D eigenvalue weighted by Gasteiger charge is -2.23. The van der Waals surface area contributed by atoms with E-state index in [0.717, 1.165) is 6.54 Å². The fourth-order valence-electron chi connectivity index (χ4n) is 1.21. The van der Waals surface area contributed by atoms with E-state index in [4.69, 9.17) is 0 Å². The molecule has 1 aromatic rings. The summed E-state index contributed by atoms with van der Waals surface area (Å²) in [6.07, 6.45) is 3.24. The fourth-order valence-corrected chi connectivity index (χ4v) is 1.93. The molecular formula is C12H17NO2S. The molecule has 3 nitrogen and oxygen atoms in total. The zero-order valence-electron chi connectivity index (χ0n) is 9.84. The molecule has 0 fully saturated rings. The number of ether oxygens (including phenoxy) is 1. The van der Waals surface area contributed by atoms with Gasteiger partial charge in [-0.15, -0.1) is 11.3 Å². The number of hydrogen-bond donors (Lipinski definition) is 0. The zero-order valence-corrected chi connectivity index (χ0v) is 10.7. The Morgan fingerprint density at radius 2 is 2.38 bits per heavy atom. The van der Waals surface area contributed by atoms with Crippen LogP contribution < -0.4 is 0 Å². The molecule has 0 aliphatic heterocycles. The van der Waals surface area contributed by atoms with Crippen LogP contribution in [0.2, 0.25) is 0 Å². The van der Waals surface area contributed by atoms with Gasteiger partial charge < -0.3 is 9.64 Å². The van der Waals surface area contributed by atoms with E-state index in [1.165, 1.54) is 18.1 Å². The van der Waals surface area contributed by atoms with Crippen molar-refractivity contribution < 1.29 is 9.53 Å². The van der Waals surface area contributed by atoms with Crippen LogP contribution in [0.15, 0.2) is 29.8 Å². The van der Waals surface area contributed by atoms with E-state index in [1.54, 1.807) is 17.5 Å². The number of carbonyl (C=O) groups is 1. The lowest BCUT2D eigenvalue weighted by atomic mass is 10.3. The maximum Gasteiger partial charge on any atom is 0.331 e. The molecule has 0 aromatic carbocycles. The van der Waals surface area contributed by atoms with Gasteiger partial charge >= 0.3 is 5.97 Å². The molecule has 4 heteroatoms. The van der Waals surface area contributed by atoms with Crippen LogP contribution >= 0.6 is 11.3 Å². The van der Waals surface area contributed by atoms with Crippen LogP contribution in [-0.4, -0.2) is 24.0 Å². The molecule has 0 N–H and O–H groups in total. The molecule has 1 heterocycles. The number of carbonyl (C=O) groups excluding carboxylic acids is 1. The Kier molecular flexibility index (Phi) is 5.05. The van der Waals surface area contributed by atoms with Crippen LogP contribution in [0.1, 0.15) is 18.7 Å². The molecule has 0 unspecified atom stereocenters. The molecule has 0 amide bonds. The summed E-state index contributed by atoms with van der Waals surface area (Å²) in [5.41, 5.74) is 0. The van der Waals surface area contributed by atoms with Crippen LogP contribution in [-0.2, 0) is 16.1 Å². The first kappa shape index (κ1) is 12.8. The van der Waals surface area contributed by atoms with Crippen molar-refractivity contribution in [1.82, 2.24) is 4.90 Å². The van der Waals surface area contributed by atoms with E-state index < -0.39 is 0 Å². The Morgan fingerprint density at radius 3 is 2.88 bits per heavy atom. The molecule has 16 heavy (non-hydrogen) atoms. The number of methoxy groups -OCH3 is 1. The summed E-state index contributed by atoms with van der Waals surface area (Å²) in [6, 6.07) is 4.47. The van der Waals surface area contributed by atoms with Gasteiger partial charge in [0, 0.05) is 23.2 Å². The van der Waals surface area contributed by atoms with Gasteiger partial charge in [-0.1, -0.05) is 6.07 Å². The van der Waals surface area contributed by atoms with Gasteiger partial charge in [0.2, 0.25) is 0 Å². The van der Waals surface area contributed by atoms with Crippen LogP contribution in [0.5, 0.6) is 0 Å². The SMILES string of the molecule is COC(=O)C=CN(Cc1cccs1)C(C)C. The molecule has 0 aliphatic rings. The van der Waals surface area contributed by atoms with E-state index in [9.17, 15) is 4.79 Å². The summed E-state index contributed by atoms with van der Waals surface area (Å²) >= 11 is 1.72. The van der Waals surface area contributed by atoms with Gasteiger partial charge in [0.25, 0.3) is 0 Å². The normalized spacial score (nSPS) is 11.0. The number of rotatable bonds is 5. The van der Waals surface area contributed by atoms with Crippen molar-refractivity contribution in [3.8, 4) is 0 Å². The van der Waals surface area contributed by atoms with Crippen molar-refractivity contribution in [2.75, 3.05) is 7.11 Å². The standard InChI is InChI=1S/C12H17NO2S/c1-10(2)13(7-6-12(14)15-3)9-11-5-4-8-16-11/h4-8,10H,9H2,1-3H3. The van der Waals surface area contributed by atoms with Crippen molar-refractivity contribution in [2.24, 2.45) is 0 Å². The first-order valence-corrected chi connectivity index (χ1v) is 6.05. The highest BCUT2D eigenvalue weighted by atomic mass is 32.1. The van der Waals surface area contributed by atoms with Gasteiger partial charge in [-0.2, -0.15) is 0 Å². The molecule has 1 aromatic heterocycles. The minimum atomic E-state index is -0.322. The smallest absolute Gasteiger partial charge is 0.331 e. The second-order valence-electron chi connectivity index (χ2n) is 3.68. The van der Waals surface area contributed by atoms with Crippen LogP contribution in [0.3, 0.4) is 0 Å². The molecule has 0 atom stereocenters. The number of thiophene rings is 1. The average Bonchev–Trinajstić information content (AvgIpc) is 2.75. The first-order chi connectivity index (χ1) is 7.63. The Morgan fingerprint density at radius 1 is 1.62 bits per heavy atom. The van der Waals surface area contributed by atoms with Crippen molar-refractivity contribution in [3.05, 3.63) is 34.7 Å². The third-order valence-corrected chi connectivity index (χ3v) is 3.05. The highest BCUT2D eigenvalue weighted by Crippen LogP contribution is 2.14. The predicted octanol–water partition coefficient (Wildman–Crippen LogP) is 2.65. The average molecular weight is 239 g/mol. The largest absolute Gasteiger partial charge is 0.466 e. The molecule has 0 bridgehead atoms. The maximum absolute atomic E-state index is 11.0. The van der Waals surface area contributed by atoms with Gasteiger partial charge in [-0.3, -0.25) is 0 Å². The van der Waals surface area contributed by atoms with Gasteiger partial charge in [-0.05, 0) is 25.3 Å². The molecular weight excluding hydrogens is 222 g/mol. The molecule has 0 spiro atoms. The van der Waals surface area contributed by atoms with Crippen LogP contribution in [0.4, 0.5) is 0 Å². The summed E-state index contributed by atoms with van der Waals surface area (Å²) in [5.74, 6) is -0.322. The minimum Gasteiger partial charge on any atom is -0.466 e. The highest BCUT2D eigenvalue weighted by molar-refractivity contribution is 7.09. The lowest BCUT2D eigenvalue weighted by molar-refractivity contribution is -0.134. The molecule has 0 aliphatic carbocycles. The molecule has 0 saturated carbocycles. The summed E-state index contributed by atoms with van der Waals surface area (Å²) in [5, 5.41) is 2.05. The number of hydrogen-bond acceptors (Lipinski definition) is 4. The Labute approximate surface area is 100 Å². The molecule has 0 radical (unpaired) electrons. The molecule has 88 valence electrons. The van der Waals surface area contributed by atoms with E-state index in [2.05, 4.69) is 34.9 Å². The lowest BCUT2D eigenvalue weighted by Crippen LogP contribution is -2.24. The fraction of sp³-hybridized carbons (Fsp3) is 0.417. The van der Waals surface area contributed by atoms with Crippen LogP contribution in [0, 0.1) is 0 Å². The van der Waals surface area contributed by atoms with Crippen molar-refractivity contribution in [3.63, 3.8) is 0 Å². The second kappa shape index (κ2) is 6.33. The summed E-state index contributed by atoms with van der Waals surface area (Å²) < 4.78 is 4.57. The summed E-state index contributed by atoms with van der Waals surface area (Å²) in [6.45, 7) is 5.01. The van der Waals surface area contributed by atoms with Crippen molar-refractivity contribution in [2.45, 2.75) is 26.4 Å². The third-order valence-electron chi connectivity index (χ3n) is 2.19. The highest BCUT2D eigenvalue weighted by Gasteiger charge is 2.06. The van der Waals surface area contributed by atoms with E-state index in [1.807, 2.05) is 6.07 Å². The Bertz CT molecular complexity index is 344. The van der Waals surface area contributed by atoms with Gasteiger partial charge in [-0.25, -0.2) is 4.79 Å². The quantitative estimate of drug-likeness (QED) is 0.584. The van der Waals surface area contributed by atoms with Gasteiger partial charge in [0.1, 0.15) is 0 Å². The monoisotopic (exact) mass is 239 g/mol. The minimum absolute atomic E-state index is 0.322. The molecule has 0 saturated heterocycles. The Hall–Kier alpha value is -1.29. The summed E-state index contributed by atoms with van der Waals surface area (Å²) in [4.78, 5) is 14.4. The third kappa shape index (κ3) is 4.06. The van der Waals surface area contributed by atoms with E-state index >= 15 is 0 Å².